The molecule has 1 aliphatic heterocycles. The lowest BCUT2D eigenvalue weighted by Crippen LogP contribution is -2.49. The summed E-state index contributed by atoms with van der Waals surface area (Å²) in [5.41, 5.74) is 2.07. The van der Waals surface area contributed by atoms with E-state index in [1.165, 1.54) is 0 Å². The molecule has 0 radical (unpaired) electrons. The van der Waals surface area contributed by atoms with Crippen molar-refractivity contribution in [3.63, 3.8) is 0 Å². The molecule has 0 aliphatic carbocycles. The minimum absolute atomic E-state index is 0.212. The summed E-state index contributed by atoms with van der Waals surface area (Å²) in [4.78, 5) is 15.7. The van der Waals surface area contributed by atoms with E-state index in [0.717, 1.165) is 36.6 Å². The Morgan fingerprint density at radius 3 is 2.56 bits per heavy atom. The predicted molar refractivity (Wildman–Crippen MR) is 94.6 cm³/mol. The second-order valence-corrected chi connectivity index (χ2v) is 5.87. The van der Waals surface area contributed by atoms with Crippen LogP contribution in [0.4, 0.5) is 4.79 Å². The average Bonchev–Trinajstić information content (AvgIpc) is 3.18. The van der Waals surface area contributed by atoms with E-state index in [1.807, 2.05) is 37.3 Å². The van der Waals surface area contributed by atoms with E-state index in [2.05, 4.69) is 15.1 Å². The Kier molecular flexibility index (Phi) is 5.90. The van der Waals surface area contributed by atoms with Gasteiger partial charge < -0.3 is 14.4 Å². The van der Waals surface area contributed by atoms with E-state index in [0.29, 0.717) is 26.3 Å². The Morgan fingerprint density at radius 2 is 1.92 bits per heavy atom. The van der Waals surface area contributed by atoms with Crippen LogP contribution in [0.15, 0.2) is 36.5 Å². The third-order valence-corrected chi connectivity index (χ3v) is 4.24. The third-order valence-electron chi connectivity index (χ3n) is 4.24. The van der Waals surface area contributed by atoms with Crippen LogP contribution in [-0.4, -0.2) is 72.0 Å². The topological polar surface area (TPSA) is 70.7 Å². The van der Waals surface area contributed by atoms with E-state index < -0.39 is 0 Å². The lowest BCUT2D eigenvalue weighted by molar-refractivity contribution is 0.0757. The molecule has 7 heteroatoms. The Balaban J connectivity index is 1.38. The summed E-state index contributed by atoms with van der Waals surface area (Å²) in [5.74, 6) is 0.855. The zero-order chi connectivity index (χ0) is 17.5. The van der Waals surface area contributed by atoms with Gasteiger partial charge in [0.05, 0.1) is 12.3 Å². The largest absolute Gasteiger partial charge is 0.492 e. The van der Waals surface area contributed by atoms with Crippen molar-refractivity contribution in [2.45, 2.75) is 6.92 Å². The van der Waals surface area contributed by atoms with E-state index >= 15 is 0 Å². The Labute approximate surface area is 147 Å². The first kappa shape index (κ1) is 17.3. The van der Waals surface area contributed by atoms with Crippen LogP contribution in [0.1, 0.15) is 6.92 Å². The first-order valence-corrected chi connectivity index (χ1v) is 8.63. The van der Waals surface area contributed by atoms with Gasteiger partial charge in [-0.1, -0.05) is 0 Å². The highest BCUT2D eigenvalue weighted by molar-refractivity contribution is 5.67. The van der Waals surface area contributed by atoms with Crippen molar-refractivity contribution in [2.24, 2.45) is 0 Å². The molecule has 1 aliphatic rings. The monoisotopic (exact) mass is 344 g/mol. The third kappa shape index (κ3) is 4.73. The van der Waals surface area contributed by atoms with Gasteiger partial charge in [-0.15, -0.1) is 0 Å². The fourth-order valence-electron chi connectivity index (χ4n) is 2.81. The summed E-state index contributed by atoms with van der Waals surface area (Å²) in [6.45, 7) is 6.83. The summed E-state index contributed by atoms with van der Waals surface area (Å²) < 4.78 is 10.9. The van der Waals surface area contributed by atoms with Gasteiger partial charge >= 0.3 is 6.09 Å². The molecular weight excluding hydrogens is 320 g/mol. The number of amides is 1. The lowest BCUT2D eigenvalue weighted by atomic mass is 10.1. The zero-order valence-corrected chi connectivity index (χ0v) is 14.5. The van der Waals surface area contributed by atoms with Crippen molar-refractivity contribution in [2.75, 3.05) is 45.9 Å². The molecule has 1 fully saturated rings. The smallest absolute Gasteiger partial charge is 0.409 e. The molecule has 0 saturated carbocycles. The number of hydrogen-bond acceptors (Lipinski definition) is 5. The molecule has 0 atom stereocenters. The maximum Gasteiger partial charge on any atom is 0.409 e. The van der Waals surface area contributed by atoms with Crippen LogP contribution in [-0.2, 0) is 4.74 Å². The highest BCUT2D eigenvalue weighted by atomic mass is 16.6. The van der Waals surface area contributed by atoms with Crippen LogP contribution in [0.2, 0.25) is 0 Å². The van der Waals surface area contributed by atoms with Gasteiger partial charge in [0.25, 0.3) is 0 Å². The second-order valence-electron chi connectivity index (χ2n) is 5.87. The van der Waals surface area contributed by atoms with Gasteiger partial charge in [0.2, 0.25) is 0 Å². The minimum atomic E-state index is -0.212. The molecule has 0 unspecified atom stereocenters. The quantitative estimate of drug-likeness (QED) is 0.870. The number of aromatic nitrogens is 2. The molecule has 1 N–H and O–H groups in total. The van der Waals surface area contributed by atoms with Crippen molar-refractivity contribution in [1.82, 2.24) is 20.0 Å². The number of ether oxygens (including phenoxy) is 2. The van der Waals surface area contributed by atoms with Crippen LogP contribution in [0.5, 0.6) is 5.75 Å². The van der Waals surface area contributed by atoms with Gasteiger partial charge in [-0.3, -0.25) is 10.00 Å². The number of nitrogens with one attached hydrogen (secondary N) is 1. The number of aromatic amines is 1. The SMILES string of the molecule is CCOC(=O)N1CCN(CCOc2ccc(-c3ccn[nH]3)cc2)CC1. The molecule has 3 rings (SSSR count). The first-order valence-electron chi connectivity index (χ1n) is 8.63. The summed E-state index contributed by atoms with van der Waals surface area (Å²) in [7, 11) is 0. The van der Waals surface area contributed by atoms with Gasteiger partial charge in [-0.05, 0) is 42.8 Å². The zero-order valence-electron chi connectivity index (χ0n) is 14.5. The fraction of sp³-hybridized carbons (Fsp3) is 0.444. The molecule has 0 spiro atoms. The molecule has 134 valence electrons. The minimum Gasteiger partial charge on any atom is -0.492 e. The first-order chi connectivity index (χ1) is 12.3. The number of H-pyrrole nitrogens is 1. The van der Waals surface area contributed by atoms with Crippen molar-refractivity contribution in [3.05, 3.63) is 36.5 Å². The molecule has 1 aromatic heterocycles. The molecule has 0 bridgehead atoms. The highest BCUT2D eigenvalue weighted by Gasteiger charge is 2.21. The molecule has 2 aromatic rings. The Hall–Kier alpha value is -2.54. The average molecular weight is 344 g/mol. The van der Waals surface area contributed by atoms with Crippen molar-refractivity contribution >= 4 is 6.09 Å². The van der Waals surface area contributed by atoms with Crippen LogP contribution in [0.3, 0.4) is 0 Å². The standard InChI is InChI=1S/C18H24N4O3/c1-2-24-18(23)22-11-9-21(10-12-22)13-14-25-16-5-3-15(4-6-16)17-7-8-19-20-17/h3-8H,2,9-14H2,1H3,(H,19,20). The number of carbonyl (C=O) groups excluding carboxylic acids is 1. The summed E-state index contributed by atoms with van der Waals surface area (Å²) in [5, 5.41) is 6.90. The molecule has 2 heterocycles. The maximum atomic E-state index is 11.7. The Morgan fingerprint density at radius 1 is 1.16 bits per heavy atom. The van der Waals surface area contributed by atoms with Crippen LogP contribution >= 0.6 is 0 Å². The van der Waals surface area contributed by atoms with Crippen molar-refractivity contribution < 1.29 is 14.3 Å². The number of nitrogens with zero attached hydrogens (tertiary/aromatic N) is 3. The van der Waals surface area contributed by atoms with Crippen LogP contribution in [0.25, 0.3) is 11.3 Å². The fourth-order valence-corrected chi connectivity index (χ4v) is 2.81. The van der Waals surface area contributed by atoms with E-state index in [4.69, 9.17) is 9.47 Å². The van der Waals surface area contributed by atoms with Crippen LogP contribution < -0.4 is 4.74 Å². The van der Waals surface area contributed by atoms with Gasteiger partial charge in [0.15, 0.2) is 0 Å². The summed E-state index contributed by atoms with van der Waals surface area (Å²) in [6.07, 6.45) is 1.53. The van der Waals surface area contributed by atoms with E-state index in [1.54, 1.807) is 11.1 Å². The number of rotatable bonds is 6. The van der Waals surface area contributed by atoms with E-state index in [-0.39, 0.29) is 6.09 Å². The molecule has 1 amide bonds. The second kappa shape index (κ2) is 8.53. The van der Waals surface area contributed by atoms with Crippen molar-refractivity contribution in [1.29, 1.82) is 0 Å². The van der Waals surface area contributed by atoms with Gasteiger partial charge in [-0.25, -0.2) is 4.79 Å². The van der Waals surface area contributed by atoms with Gasteiger partial charge in [-0.2, -0.15) is 5.10 Å². The number of hydrogen-bond donors (Lipinski definition) is 1. The summed E-state index contributed by atoms with van der Waals surface area (Å²) >= 11 is 0. The number of piperazine rings is 1. The number of carbonyl (C=O) groups is 1. The van der Waals surface area contributed by atoms with Crippen LogP contribution in [0, 0.1) is 0 Å². The lowest BCUT2D eigenvalue weighted by Gasteiger charge is -2.33. The highest BCUT2D eigenvalue weighted by Crippen LogP contribution is 2.20. The normalized spacial score (nSPS) is 15.2. The Bertz CT molecular complexity index is 649. The molecule has 25 heavy (non-hydrogen) atoms. The molecule has 1 saturated heterocycles. The number of benzene rings is 1. The maximum absolute atomic E-state index is 11.7. The van der Waals surface area contributed by atoms with Gasteiger partial charge in [0.1, 0.15) is 12.4 Å². The summed E-state index contributed by atoms with van der Waals surface area (Å²) in [6, 6.07) is 9.90. The van der Waals surface area contributed by atoms with Gasteiger partial charge in [0, 0.05) is 38.9 Å². The van der Waals surface area contributed by atoms with E-state index in [9.17, 15) is 4.79 Å². The molecular formula is C18H24N4O3. The van der Waals surface area contributed by atoms with Crippen molar-refractivity contribution in [3.8, 4) is 17.0 Å². The predicted octanol–water partition coefficient (Wildman–Crippen LogP) is 2.23. The molecule has 7 nitrogen and oxygen atoms in total. The molecule has 1 aromatic carbocycles.